The molecule has 0 aliphatic carbocycles. The molecular weight excluding hydrogens is 149 g/mol. The molecule has 0 aromatic heterocycles. The molecule has 0 aromatic rings. The van der Waals surface area contributed by atoms with Gasteiger partial charge in [0.05, 0.1) is 31.4 Å². The van der Waals surface area contributed by atoms with Gasteiger partial charge in [0.2, 0.25) is 5.91 Å². The third kappa shape index (κ3) is 0.889. The van der Waals surface area contributed by atoms with E-state index in [1.54, 1.807) is 0 Å². The Kier molecular flexibility index (Phi) is 1.91. The summed E-state index contributed by atoms with van der Waals surface area (Å²) in [6.45, 7) is 0. The summed E-state index contributed by atoms with van der Waals surface area (Å²) in [5.74, 6) is -0.676. The van der Waals surface area contributed by atoms with Crippen LogP contribution in [0.15, 0.2) is 0 Å². The maximum absolute atomic E-state index is 11.1. The second-order valence-electron chi connectivity index (χ2n) is 3.06. The Morgan fingerprint density at radius 3 is 1.92 bits per heavy atom. The van der Waals surface area contributed by atoms with Gasteiger partial charge >= 0.3 is 0 Å². The van der Waals surface area contributed by atoms with Crippen molar-refractivity contribution in [3.05, 3.63) is 0 Å². The van der Waals surface area contributed by atoms with E-state index in [0.717, 1.165) is 4.90 Å². The normalized spacial score (nSPS) is 32.3. The van der Waals surface area contributed by atoms with Crippen molar-refractivity contribution in [2.45, 2.75) is 16.7 Å². The molecule has 1 fully saturated rings. The third-order valence-electron chi connectivity index (χ3n) is 2.27. The lowest BCUT2D eigenvalue weighted by atomic mass is 9.33. The summed E-state index contributed by atoms with van der Waals surface area (Å²) in [5.41, 5.74) is 0. The van der Waals surface area contributed by atoms with E-state index in [4.69, 9.17) is 31.4 Å². The molecule has 1 aliphatic rings. The average Bonchev–Trinajstić information content (AvgIpc) is 2.05. The molecule has 1 unspecified atom stereocenters. The summed E-state index contributed by atoms with van der Waals surface area (Å²) in [4.78, 5) is 12.0. The van der Waals surface area contributed by atoms with Crippen molar-refractivity contribution in [3.8, 4) is 0 Å². The van der Waals surface area contributed by atoms with E-state index in [1.807, 2.05) is 0 Å². The lowest BCUT2D eigenvalue weighted by Crippen LogP contribution is -2.52. The first-order valence-electron chi connectivity index (χ1n) is 3.34. The number of carbonyl (C=O) groups is 1. The number of hydrogen-bond donors (Lipinski definition) is 1. The van der Waals surface area contributed by atoms with Gasteiger partial charge in [0, 0.05) is 7.05 Å². The van der Waals surface area contributed by atoms with Crippen LogP contribution in [0, 0.1) is 0 Å². The highest BCUT2D eigenvalue weighted by Crippen LogP contribution is 2.42. The summed E-state index contributed by atoms with van der Waals surface area (Å²) in [5, 5.41) is 5.69. The van der Waals surface area contributed by atoms with Gasteiger partial charge in [-0.2, -0.15) is 0 Å². The van der Waals surface area contributed by atoms with Crippen LogP contribution in [0.4, 0.5) is 0 Å². The molecule has 0 saturated carbocycles. The molecule has 0 bridgehead atoms. The van der Waals surface area contributed by atoms with Crippen molar-refractivity contribution in [3.63, 3.8) is 0 Å². The smallest absolute Gasteiger partial charge is 0.249 e. The molecular formula is C5H5B4NO2. The lowest BCUT2D eigenvalue weighted by molar-refractivity contribution is -0.133. The number of carbonyl (C=O) groups excluding carboxylic acids is 1. The summed E-state index contributed by atoms with van der Waals surface area (Å²) in [7, 11) is 23.0. The van der Waals surface area contributed by atoms with Crippen LogP contribution >= 0.6 is 0 Å². The average molecular weight is 154 g/mol. The Balaban J connectivity index is 3.14. The predicted octanol–water partition coefficient (Wildman–Crippen LogP) is -2.74. The lowest BCUT2D eigenvalue weighted by Gasteiger charge is -2.41. The van der Waals surface area contributed by atoms with Crippen molar-refractivity contribution < 1.29 is 9.90 Å². The minimum Gasteiger partial charge on any atom is -0.384 e. The van der Waals surface area contributed by atoms with E-state index in [-0.39, 0.29) is 0 Å². The van der Waals surface area contributed by atoms with Crippen LogP contribution in [0.3, 0.4) is 0 Å². The number of aliphatic hydroxyl groups is 1. The second-order valence-corrected chi connectivity index (χ2v) is 3.06. The molecule has 3 nitrogen and oxygen atoms in total. The van der Waals surface area contributed by atoms with Crippen molar-refractivity contribution in [2.75, 3.05) is 7.05 Å². The highest BCUT2D eigenvalue weighted by Gasteiger charge is 2.54. The zero-order valence-electron chi connectivity index (χ0n) is 6.69. The van der Waals surface area contributed by atoms with Crippen LogP contribution in [-0.2, 0) is 4.79 Å². The third-order valence-corrected chi connectivity index (χ3v) is 2.27. The van der Waals surface area contributed by atoms with Gasteiger partial charge in [-0.1, -0.05) is 5.21 Å². The number of rotatable bonds is 0. The number of nitrogens with zero attached hydrogens (tertiary/aromatic N) is 1. The van der Waals surface area contributed by atoms with Gasteiger partial charge in [-0.05, 0) is 5.34 Å². The Hall–Kier alpha value is -0.310. The molecule has 1 aliphatic heterocycles. The maximum atomic E-state index is 11.1. The molecule has 1 heterocycles. The SMILES string of the molecule is [B]C1([B])C(O)C(=O)N(C)C1([B])[B]. The molecule has 12 heavy (non-hydrogen) atoms. The van der Waals surface area contributed by atoms with Gasteiger partial charge in [0.1, 0.15) is 6.10 Å². The molecule has 7 heteroatoms. The van der Waals surface area contributed by atoms with Gasteiger partial charge in [0.15, 0.2) is 0 Å². The van der Waals surface area contributed by atoms with Gasteiger partial charge in [-0.15, -0.1) is 0 Å². The van der Waals surface area contributed by atoms with E-state index in [9.17, 15) is 9.90 Å². The van der Waals surface area contributed by atoms with Crippen molar-refractivity contribution in [1.82, 2.24) is 4.90 Å². The molecule has 8 radical (unpaired) electrons. The van der Waals surface area contributed by atoms with Crippen LogP contribution < -0.4 is 0 Å². The van der Waals surface area contributed by atoms with Gasteiger partial charge < -0.3 is 10.0 Å². The molecule has 1 N–H and O–H groups in total. The Labute approximate surface area is 76.5 Å². The monoisotopic (exact) mass is 155 g/mol. The minimum atomic E-state index is -1.82. The highest BCUT2D eigenvalue weighted by atomic mass is 16.3. The van der Waals surface area contributed by atoms with Crippen LogP contribution in [0.25, 0.3) is 0 Å². The topological polar surface area (TPSA) is 40.5 Å². The summed E-state index contributed by atoms with van der Waals surface area (Å²) >= 11 is 0. The number of aliphatic hydroxyl groups excluding tert-OH is 1. The molecule has 0 aromatic carbocycles. The Morgan fingerprint density at radius 1 is 1.42 bits per heavy atom. The van der Waals surface area contributed by atoms with Gasteiger partial charge in [-0.3, -0.25) is 4.79 Å². The fourth-order valence-corrected chi connectivity index (χ4v) is 1.08. The zero-order chi connectivity index (χ0) is 9.73. The summed E-state index contributed by atoms with van der Waals surface area (Å²) < 4.78 is 0. The number of amides is 1. The fraction of sp³-hybridized carbons (Fsp3) is 0.800. The van der Waals surface area contributed by atoms with Crippen LogP contribution in [0.2, 0.25) is 5.21 Å². The molecule has 1 saturated heterocycles. The molecule has 1 atom stereocenters. The standard InChI is InChI=1S/C5H5B4NO2/c1-10-3(12)2(11)4(6,7)5(10,8)9/h2,11H,1H3. The largest absolute Gasteiger partial charge is 0.384 e. The molecule has 1 rings (SSSR count). The first-order valence-corrected chi connectivity index (χ1v) is 3.34. The van der Waals surface area contributed by atoms with Crippen molar-refractivity contribution >= 4 is 37.3 Å². The quantitative estimate of drug-likeness (QED) is 0.385. The molecule has 54 valence electrons. The van der Waals surface area contributed by atoms with Gasteiger partial charge in [-0.25, -0.2) is 0 Å². The van der Waals surface area contributed by atoms with Crippen molar-refractivity contribution in [1.29, 1.82) is 0 Å². The predicted molar refractivity (Wildman–Crippen MR) is 47.2 cm³/mol. The van der Waals surface area contributed by atoms with E-state index >= 15 is 0 Å². The van der Waals surface area contributed by atoms with Crippen LogP contribution in [-0.4, -0.2) is 65.8 Å². The van der Waals surface area contributed by atoms with E-state index in [0.29, 0.717) is 0 Å². The molecule has 0 spiro atoms. The number of likely N-dealkylation sites (tertiary alicyclic amines) is 1. The first kappa shape index (κ1) is 9.78. The first-order chi connectivity index (χ1) is 5.23. The minimum absolute atomic E-state index is 0.676. The van der Waals surface area contributed by atoms with E-state index < -0.39 is 22.6 Å². The van der Waals surface area contributed by atoms with Gasteiger partial charge in [0.25, 0.3) is 0 Å². The summed E-state index contributed by atoms with van der Waals surface area (Å²) in [6, 6.07) is 0. The Bertz CT molecular complexity index is 207. The maximum Gasteiger partial charge on any atom is 0.249 e. The molecule has 1 amide bonds. The highest BCUT2D eigenvalue weighted by molar-refractivity contribution is 6.57. The van der Waals surface area contributed by atoms with E-state index in [1.165, 1.54) is 7.05 Å². The zero-order valence-corrected chi connectivity index (χ0v) is 6.69. The Morgan fingerprint density at radius 2 is 1.83 bits per heavy atom. The number of likely N-dealkylation sites (N-methyl/N-ethyl adjacent to an activating group) is 1. The summed E-state index contributed by atoms with van der Waals surface area (Å²) in [6.07, 6.45) is -1.56. The fourth-order valence-electron chi connectivity index (χ4n) is 1.08. The second kappa shape index (κ2) is 2.34. The van der Waals surface area contributed by atoms with Crippen LogP contribution in [0.1, 0.15) is 0 Å². The van der Waals surface area contributed by atoms with Crippen molar-refractivity contribution in [2.24, 2.45) is 0 Å². The van der Waals surface area contributed by atoms with E-state index in [2.05, 4.69) is 0 Å². The number of hydrogen-bond acceptors (Lipinski definition) is 2. The van der Waals surface area contributed by atoms with Crippen LogP contribution in [0.5, 0.6) is 0 Å².